The molecular weight excluding hydrogens is 373 g/mol. The van der Waals surface area contributed by atoms with Crippen molar-refractivity contribution in [2.45, 2.75) is 36.1 Å². The van der Waals surface area contributed by atoms with Crippen LogP contribution in [0.4, 0.5) is 5.95 Å². The van der Waals surface area contributed by atoms with E-state index in [0.29, 0.717) is 6.42 Å². The highest BCUT2D eigenvalue weighted by Gasteiger charge is 2.36. The largest absolute Gasteiger partial charge is 0.468 e. The standard InChI is InChI=1S/C12H20N5O6PS/c1-6(10(19)22-2)16-24(21)23-4-8-7(18)3-9(25-8)17-5-14-11(13)15-12(17)20/h5-9,18,24H,3-4H2,1-2H3,(H,16,21)(H2,13,15,20)/t6-,7?,8?,9?/m0/s1. The van der Waals surface area contributed by atoms with Crippen LogP contribution in [0.5, 0.6) is 0 Å². The average molecular weight is 393 g/mol. The highest BCUT2D eigenvalue weighted by molar-refractivity contribution is 8.00. The van der Waals surface area contributed by atoms with E-state index in [2.05, 4.69) is 19.8 Å². The first-order valence-corrected chi connectivity index (χ1v) is 9.63. The fourth-order valence-electron chi connectivity index (χ4n) is 2.20. The van der Waals surface area contributed by atoms with Crippen LogP contribution < -0.4 is 16.5 Å². The van der Waals surface area contributed by atoms with Gasteiger partial charge in [-0.1, -0.05) is 0 Å². The molecular formula is C12H20N5O6PS. The average Bonchev–Trinajstić information content (AvgIpc) is 2.92. The Balaban J connectivity index is 1.88. The van der Waals surface area contributed by atoms with Gasteiger partial charge in [-0.05, 0) is 6.92 Å². The minimum atomic E-state index is -2.68. The van der Waals surface area contributed by atoms with Crippen LogP contribution in [0.1, 0.15) is 18.7 Å². The van der Waals surface area contributed by atoms with Gasteiger partial charge in [0.05, 0.1) is 30.4 Å². The van der Waals surface area contributed by atoms with E-state index in [1.807, 2.05) is 0 Å². The summed E-state index contributed by atoms with van der Waals surface area (Å²) in [6.07, 6.45) is 0.812. The molecule has 0 aliphatic carbocycles. The lowest BCUT2D eigenvalue weighted by Crippen LogP contribution is -2.31. The first-order chi connectivity index (χ1) is 11.8. The van der Waals surface area contributed by atoms with Gasteiger partial charge in [0.2, 0.25) is 5.95 Å². The van der Waals surface area contributed by atoms with Gasteiger partial charge in [0.1, 0.15) is 12.4 Å². The van der Waals surface area contributed by atoms with Gasteiger partial charge in [-0.25, -0.2) is 14.9 Å². The van der Waals surface area contributed by atoms with Crippen molar-refractivity contribution in [3.63, 3.8) is 0 Å². The topological polar surface area (TPSA) is 159 Å². The molecule has 1 fully saturated rings. The first kappa shape index (κ1) is 19.9. The second-order valence-corrected chi connectivity index (χ2v) is 7.90. The maximum Gasteiger partial charge on any atom is 0.353 e. The highest BCUT2D eigenvalue weighted by atomic mass is 32.2. The number of nitrogens with zero attached hydrogens (tertiary/aromatic N) is 3. The Morgan fingerprint density at radius 1 is 1.68 bits per heavy atom. The number of carbonyl (C=O) groups is 1. The number of esters is 1. The Bertz CT molecular complexity index is 703. The van der Waals surface area contributed by atoms with Crippen LogP contribution in [-0.2, 0) is 18.6 Å². The second kappa shape index (κ2) is 8.77. The van der Waals surface area contributed by atoms with Gasteiger partial charge >= 0.3 is 11.7 Å². The van der Waals surface area contributed by atoms with E-state index in [9.17, 15) is 19.3 Å². The van der Waals surface area contributed by atoms with E-state index in [1.54, 1.807) is 0 Å². The van der Waals surface area contributed by atoms with Crippen molar-refractivity contribution in [2.24, 2.45) is 0 Å². The van der Waals surface area contributed by atoms with Crippen molar-refractivity contribution in [2.75, 3.05) is 19.5 Å². The van der Waals surface area contributed by atoms with Crippen LogP contribution >= 0.6 is 19.9 Å². The number of rotatable bonds is 7. The van der Waals surface area contributed by atoms with Gasteiger partial charge in [-0.3, -0.25) is 13.9 Å². The molecule has 13 heteroatoms. The van der Waals surface area contributed by atoms with Crippen LogP contribution in [0.2, 0.25) is 0 Å². The third-order valence-electron chi connectivity index (χ3n) is 3.53. The van der Waals surface area contributed by atoms with Crippen LogP contribution in [0.3, 0.4) is 0 Å². The summed E-state index contributed by atoms with van der Waals surface area (Å²) in [7, 11) is -1.45. The number of aliphatic hydroxyl groups excluding tert-OH is 1. The molecule has 0 radical (unpaired) electrons. The Morgan fingerprint density at radius 3 is 3.04 bits per heavy atom. The van der Waals surface area contributed by atoms with Crippen molar-refractivity contribution in [1.82, 2.24) is 19.6 Å². The molecule has 11 nitrogen and oxygen atoms in total. The molecule has 1 aliphatic heterocycles. The molecule has 0 saturated carbocycles. The molecule has 0 spiro atoms. The fourth-order valence-corrected chi connectivity index (χ4v) is 4.63. The predicted octanol–water partition coefficient (Wildman–Crippen LogP) is -0.857. The van der Waals surface area contributed by atoms with Crippen molar-refractivity contribution >= 4 is 31.9 Å². The van der Waals surface area contributed by atoms with Crippen LogP contribution in [0.25, 0.3) is 0 Å². The number of nitrogens with two attached hydrogens (primary N) is 1. The maximum absolute atomic E-state index is 11.8. The summed E-state index contributed by atoms with van der Waals surface area (Å²) in [6.45, 7) is 1.49. The SMILES string of the molecule is COC(=O)[C@H](C)N[PH](=O)OCC1SC(n2cnc(N)nc2=O)CC1O. The maximum atomic E-state index is 11.8. The summed E-state index contributed by atoms with van der Waals surface area (Å²) < 4.78 is 22.8. The number of hydrogen-bond acceptors (Lipinski definition) is 10. The van der Waals surface area contributed by atoms with Crippen LogP contribution in [-0.4, -0.2) is 56.7 Å². The number of aromatic nitrogens is 3. The number of thioether (sulfide) groups is 1. The minimum absolute atomic E-state index is 0.00833. The smallest absolute Gasteiger partial charge is 0.353 e. The van der Waals surface area contributed by atoms with E-state index in [0.717, 1.165) is 0 Å². The molecule has 0 bridgehead atoms. The summed E-state index contributed by atoms with van der Waals surface area (Å²) in [5.41, 5.74) is 4.80. The third-order valence-corrected chi connectivity index (χ3v) is 6.16. The summed E-state index contributed by atoms with van der Waals surface area (Å²) in [4.78, 5) is 30.4. The van der Waals surface area contributed by atoms with Gasteiger partial charge in [-0.2, -0.15) is 4.98 Å². The number of hydrogen-bond donors (Lipinski definition) is 3. The first-order valence-electron chi connectivity index (χ1n) is 7.37. The zero-order valence-corrected chi connectivity index (χ0v) is 15.4. The number of nitrogens with one attached hydrogen (secondary N) is 1. The number of anilines is 1. The summed E-state index contributed by atoms with van der Waals surface area (Å²) in [5, 5.41) is 11.9. The molecule has 1 aromatic rings. The summed E-state index contributed by atoms with van der Waals surface area (Å²) >= 11 is 1.29. The number of aliphatic hydroxyl groups is 1. The van der Waals surface area contributed by atoms with Crippen LogP contribution in [0.15, 0.2) is 11.1 Å². The van der Waals surface area contributed by atoms with E-state index in [1.165, 1.54) is 36.7 Å². The second-order valence-electron chi connectivity index (χ2n) is 5.32. The Morgan fingerprint density at radius 2 is 2.40 bits per heavy atom. The molecule has 2 rings (SSSR count). The van der Waals surface area contributed by atoms with Gasteiger partial charge < -0.3 is 20.1 Å². The normalized spacial score (nSPS) is 25.5. The van der Waals surface area contributed by atoms with E-state index < -0.39 is 37.2 Å². The third kappa shape index (κ3) is 5.25. The lowest BCUT2D eigenvalue weighted by molar-refractivity contribution is -0.142. The lowest BCUT2D eigenvalue weighted by atomic mass is 10.2. The van der Waals surface area contributed by atoms with E-state index in [-0.39, 0.29) is 17.9 Å². The molecule has 140 valence electrons. The van der Waals surface area contributed by atoms with E-state index in [4.69, 9.17) is 10.3 Å². The predicted molar refractivity (Wildman–Crippen MR) is 91.3 cm³/mol. The number of ether oxygens (including phenoxy) is 1. The number of carbonyl (C=O) groups excluding carboxylic acids is 1. The number of nitrogen functional groups attached to an aromatic ring is 1. The number of methoxy groups -OCH3 is 1. The Labute approximate surface area is 148 Å². The molecule has 0 amide bonds. The molecule has 5 atom stereocenters. The molecule has 1 aromatic heterocycles. The van der Waals surface area contributed by atoms with E-state index >= 15 is 0 Å². The quantitative estimate of drug-likeness (QED) is 0.391. The van der Waals surface area contributed by atoms with Gasteiger partial charge in [0.25, 0.3) is 8.18 Å². The Hall–Kier alpha value is -1.46. The Kier molecular flexibility index (Phi) is 6.96. The molecule has 0 aromatic carbocycles. The van der Waals surface area contributed by atoms with Gasteiger partial charge in [0.15, 0.2) is 0 Å². The molecule has 2 heterocycles. The minimum Gasteiger partial charge on any atom is -0.468 e. The molecule has 4 unspecified atom stereocenters. The fraction of sp³-hybridized carbons (Fsp3) is 0.667. The highest BCUT2D eigenvalue weighted by Crippen LogP contribution is 2.41. The van der Waals surface area contributed by atoms with Gasteiger partial charge in [0, 0.05) is 6.42 Å². The van der Waals surface area contributed by atoms with Crippen molar-refractivity contribution in [3.8, 4) is 0 Å². The van der Waals surface area contributed by atoms with Crippen molar-refractivity contribution in [1.29, 1.82) is 0 Å². The molecule has 1 aliphatic rings. The zero-order valence-electron chi connectivity index (χ0n) is 13.6. The van der Waals surface area contributed by atoms with Crippen LogP contribution in [0, 0.1) is 0 Å². The lowest BCUT2D eigenvalue weighted by Gasteiger charge is -2.16. The van der Waals surface area contributed by atoms with Gasteiger partial charge in [-0.15, -0.1) is 11.8 Å². The molecule has 1 saturated heterocycles. The molecule has 25 heavy (non-hydrogen) atoms. The zero-order chi connectivity index (χ0) is 18.6. The van der Waals surface area contributed by atoms with Crippen molar-refractivity contribution < 1.29 is 23.7 Å². The monoisotopic (exact) mass is 393 g/mol. The van der Waals surface area contributed by atoms with Crippen molar-refractivity contribution in [3.05, 3.63) is 16.8 Å². The summed E-state index contributed by atoms with van der Waals surface area (Å²) in [5.74, 6) is -0.672. The summed E-state index contributed by atoms with van der Waals surface area (Å²) in [6, 6.07) is -0.768. The molecule has 4 N–H and O–H groups in total.